The van der Waals surface area contributed by atoms with Gasteiger partial charge >= 0.3 is 0 Å². The molecule has 6 heteroatoms. The van der Waals surface area contributed by atoms with Gasteiger partial charge in [0, 0.05) is 17.4 Å². The van der Waals surface area contributed by atoms with Gasteiger partial charge in [0.05, 0.1) is 21.3 Å². The van der Waals surface area contributed by atoms with Crippen LogP contribution in [-0.4, -0.2) is 11.9 Å². The largest absolute Gasteiger partial charge is 0.399 e. The molecule has 0 unspecified atom stereocenters. The topological polar surface area (TPSA) is 67.1 Å². The SMILES string of the molecule is Nc1ccc(Nc2ccc(Cl)c(Cl)c2)c(C(=O)NC2CC2)c1. The number of hydrogen-bond acceptors (Lipinski definition) is 3. The molecule has 2 aromatic carbocycles. The zero-order chi connectivity index (χ0) is 15.7. The summed E-state index contributed by atoms with van der Waals surface area (Å²) in [6, 6.07) is 10.7. The van der Waals surface area contributed by atoms with E-state index >= 15 is 0 Å². The smallest absolute Gasteiger partial charge is 0.253 e. The average Bonchev–Trinajstić information content (AvgIpc) is 3.28. The van der Waals surface area contributed by atoms with Crippen LogP contribution in [0.2, 0.25) is 10.0 Å². The summed E-state index contributed by atoms with van der Waals surface area (Å²) in [5, 5.41) is 7.08. The molecule has 3 rings (SSSR count). The summed E-state index contributed by atoms with van der Waals surface area (Å²) in [4.78, 5) is 12.3. The Morgan fingerprint density at radius 2 is 1.86 bits per heavy atom. The second kappa shape index (κ2) is 6.07. The molecule has 1 amide bonds. The first-order valence-electron chi connectivity index (χ1n) is 6.95. The minimum atomic E-state index is -0.127. The van der Waals surface area contributed by atoms with Crippen molar-refractivity contribution in [3.8, 4) is 0 Å². The highest BCUT2D eigenvalue weighted by atomic mass is 35.5. The Labute approximate surface area is 138 Å². The van der Waals surface area contributed by atoms with Gasteiger partial charge in [-0.1, -0.05) is 23.2 Å². The molecule has 0 atom stereocenters. The molecular weight excluding hydrogens is 321 g/mol. The number of nitrogens with two attached hydrogens (primary N) is 1. The first-order chi connectivity index (χ1) is 10.5. The van der Waals surface area contributed by atoms with Gasteiger partial charge in [0.15, 0.2) is 0 Å². The van der Waals surface area contributed by atoms with Crippen molar-refractivity contribution in [2.24, 2.45) is 0 Å². The van der Waals surface area contributed by atoms with Crippen LogP contribution in [-0.2, 0) is 0 Å². The number of rotatable bonds is 4. The number of amides is 1. The van der Waals surface area contributed by atoms with Crippen molar-refractivity contribution >= 4 is 46.2 Å². The third kappa shape index (κ3) is 3.46. The Hall–Kier alpha value is -1.91. The summed E-state index contributed by atoms with van der Waals surface area (Å²) >= 11 is 11.9. The first-order valence-corrected chi connectivity index (χ1v) is 7.71. The van der Waals surface area contributed by atoms with Gasteiger partial charge in [-0.25, -0.2) is 0 Å². The fraction of sp³-hybridized carbons (Fsp3) is 0.188. The highest BCUT2D eigenvalue weighted by Crippen LogP contribution is 2.29. The van der Waals surface area contributed by atoms with Gasteiger partial charge in [-0.2, -0.15) is 0 Å². The summed E-state index contributed by atoms with van der Waals surface area (Å²) in [6.45, 7) is 0. The molecule has 1 aliphatic carbocycles. The van der Waals surface area contributed by atoms with Gasteiger partial charge in [-0.3, -0.25) is 4.79 Å². The lowest BCUT2D eigenvalue weighted by atomic mass is 10.1. The summed E-state index contributed by atoms with van der Waals surface area (Å²) in [5.74, 6) is -0.127. The highest BCUT2D eigenvalue weighted by Gasteiger charge is 2.25. The molecule has 0 spiro atoms. The summed E-state index contributed by atoms with van der Waals surface area (Å²) in [5.41, 5.74) is 8.28. The number of anilines is 3. The molecule has 4 nitrogen and oxygen atoms in total. The molecule has 0 heterocycles. The van der Waals surface area contributed by atoms with Crippen molar-refractivity contribution < 1.29 is 4.79 Å². The van der Waals surface area contributed by atoms with Crippen LogP contribution >= 0.6 is 23.2 Å². The van der Waals surface area contributed by atoms with E-state index in [1.165, 1.54) is 0 Å². The predicted molar refractivity (Wildman–Crippen MR) is 91.1 cm³/mol. The number of benzene rings is 2. The first kappa shape index (κ1) is 15.0. The Kier molecular flexibility index (Phi) is 4.14. The summed E-state index contributed by atoms with van der Waals surface area (Å²) in [7, 11) is 0. The van der Waals surface area contributed by atoms with E-state index < -0.39 is 0 Å². The molecule has 114 valence electrons. The van der Waals surface area contributed by atoms with Crippen molar-refractivity contribution in [1.82, 2.24) is 5.32 Å². The van der Waals surface area contributed by atoms with Gasteiger partial charge < -0.3 is 16.4 Å². The molecular formula is C16H15Cl2N3O. The second-order valence-corrected chi connectivity index (χ2v) is 6.12. The van der Waals surface area contributed by atoms with Crippen LogP contribution in [0.4, 0.5) is 17.1 Å². The fourth-order valence-corrected chi connectivity index (χ4v) is 2.38. The monoisotopic (exact) mass is 335 g/mol. The quantitative estimate of drug-likeness (QED) is 0.733. The Balaban J connectivity index is 1.88. The number of carbonyl (C=O) groups is 1. The van der Waals surface area contributed by atoms with E-state index in [4.69, 9.17) is 28.9 Å². The zero-order valence-electron chi connectivity index (χ0n) is 11.7. The van der Waals surface area contributed by atoms with E-state index in [1.807, 2.05) is 0 Å². The highest BCUT2D eigenvalue weighted by molar-refractivity contribution is 6.42. The van der Waals surface area contributed by atoms with E-state index in [-0.39, 0.29) is 11.9 Å². The molecule has 4 N–H and O–H groups in total. The molecule has 0 aromatic heterocycles. The van der Waals surface area contributed by atoms with Crippen molar-refractivity contribution in [3.05, 3.63) is 52.0 Å². The number of nitrogen functional groups attached to an aromatic ring is 1. The van der Waals surface area contributed by atoms with Gasteiger partial charge in [0.1, 0.15) is 0 Å². The molecule has 22 heavy (non-hydrogen) atoms. The molecule has 0 radical (unpaired) electrons. The van der Waals surface area contributed by atoms with E-state index in [2.05, 4.69) is 10.6 Å². The summed E-state index contributed by atoms with van der Waals surface area (Å²) < 4.78 is 0. The summed E-state index contributed by atoms with van der Waals surface area (Å²) in [6.07, 6.45) is 2.06. The molecule has 1 aliphatic rings. The molecule has 1 fully saturated rings. The Morgan fingerprint density at radius 1 is 1.09 bits per heavy atom. The molecule has 0 bridgehead atoms. The van der Waals surface area contributed by atoms with Crippen molar-refractivity contribution in [1.29, 1.82) is 0 Å². The van der Waals surface area contributed by atoms with Gasteiger partial charge in [0.2, 0.25) is 0 Å². The lowest BCUT2D eigenvalue weighted by Crippen LogP contribution is -2.26. The van der Waals surface area contributed by atoms with Crippen LogP contribution in [0.15, 0.2) is 36.4 Å². The maximum Gasteiger partial charge on any atom is 0.253 e. The van der Waals surface area contributed by atoms with Crippen LogP contribution < -0.4 is 16.4 Å². The fourth-order valence-electron chi connectivity index (χ4n) is 2.08. The van der Waals surface area contributed by atoms with E-state index in [0.29, 0.717) is 27.0 Å². The van der Waals surface area contributed by atoms with Gasteiger partial charge in [0.25, 0.3) is 5.91 Å². The third-order valence-electron chi connectivity index (χ3n) is 3.40. The van der Waals surface area contributed by atoms with E-state index in [0.717, 1.165) is 18.5 Å². The Morgan fingerprint density at radius 3 is 2.55 bits per heavy atom. The van der Waals surface area contributed by atoms with Gasteiger partial charge in [-0.15, -0.1) is 0 Å². The molecule has 0 saturated heterocycles. The average molecular weight is 336 g/mol. The zero-order valence-corrected chi connectivity index (χ0v) is 13.2. The third-order valence-corrected chi connectivity index (χ3v) is 4.14. The minimum absolute atomic E-state index is 0.127. The van der Waals surface area contributed by atoms with Crippen molar-refractivity contribution in [3.63, 3.8) is 0 Å². The van der Waals surface area contributed by atoms with Crippen molar-refractivity contribution in [2.45, 2.75) is 18.9 Å². The molecule has 2 aromatic rings. The number of carbonyl (C=O) groups excluding carboxylic acids is 1. The van der Waals surface area contributed by atoms with E-state index in [1.54, 1.807) is 36.4 Å². The predicted octanol–water partition coefficient (Wildman–Crippen LogP) is 4.21. The van der Waals surface area contributed by atoms with Crippen LogP contribution in [0.1, 0.15) is 23.2 Å². The van der Waals surface area contributed by atoms with Crippen molar-refractivity contribution in [2.75, 3.05) is 11.1 Å². The maximum absolute atomic E-state index is 12.3. The normalized spacial score (nSPS) is 13.7. The lowest BCUT2D eigenvalue weighted by molar-refractivity contribution is 0.0952. The Bertz CT molecular complexity index is 729. The van der Waals surface area contributed by atoms with Gasteiger partial charge in [-0.05, 0) is 49.2 Å². The molecule has 1 saturated carbocycles. The lowest BCUT2D eigenvalue weighted by Gasteiger charge is -2.13. The van der Waals surface area contributed by atoms with Crippen LogP contribution in [0.25, 0.3) is 0 Å². The second-order valence-electron chi connectivity index (χ2n) is 5.31. The minimum Gasteiger partial charge on any atom is -0.399 e. The van der Waals surface area contributed by atoms with Crippen LogP contribution in [0.5, 0.6) is 0 Å². The number of hydrogen-bond donors (Lipinski definition) is 3. The van der Waals surface area contributed by atoms with Crippen LogP contribution in [0, 0.1) is 0 Å². The number of halogens is 2. The standard InChI is InChI=1S/C16H15Cl2N3O/c17-13-5-4-11(8-14(13)18)20-15-6-1-9(19)7-12(15)16(22)21-10-2-3-10/h1,4-8,10,20H,2-3,19H2,(H,21,22). The number of nitrogens with one attached hydrogen (secondary N) is 2. The molecule has 0 aliphatic heterocycles. The van der Waals surface area contributed by atoms with Crippen LogP contribution in [0.3, 0.4) is 0 Å². The van der Waals surface area contributed by atoms with E-state index in [9.17, 15) is 4.79 Å². The maximum atomic E-state index is 12.3.